The highest BCUT2D eigenvalue weighted by atomic mass is 16.1. The number of carbonyl (C=O) groups excluding carboxylic acids is 1. The quantitative estimate of drug-likeness (QED) is 0.790. The fourth-order valence-electron chi connectivity index (χ4n) is 3.85. The first-order valence-corrected chi connectivity index (χ1v) is 10.3. The number of benzene rings is 2. The van der Waals surface area contributed by atoms with E-state index in [0.717, 1.165) is 36.6 Å². The Balaban J connectivity index is 1.55. The van der Waals surface area contributed by atoms with Crippen molar-refractivity contribution in [2.24, 2.45) is 5.92 Å². The van der Waals surface area contributed by atoms with Crippen molar-refractivity contribution in [1.29, 1.82) is 0 Å². The molecule has 1 amide bonds. The van der Waals surface area contributed by atoms with Crippen LogP contribution in [0.4, 0.5) is 5.69 Å². The lowest BCUT2D eigenvalue weighted by Crippen LogP contribution is -2.34. The molecule has 0 aliphatic carbocycles. The standard InChI is InChI=1S/C24H32N2O/c1-4-20-7-9-21(10-8-20)16-24(27)25-19(3)22-11-13-23(14-12-22)26-15-5-6-18(2)17-26/h7-14,18-19H,4-6,15-17H2,1-3H3,(H,25,27)/t18-,19-/m0/s1. The van der Waals surface area contributed by atoms with E-state index in [1.807, 2.05) is 0 Å². The molecule has 1 heterocycles. The third kappa shape index (κ3) is 5.35. The van der Waals surface area contributed by atoms with Crippen LogP contribution in [0.3, 0.4) is 0 Å². The zero-order valence-electron chi connectivity index (χ0n) is 16.9. The zero-order chi connectivity index (χ0) is 19.2. The van der Waals surface area contributed by atoms with Gasteiger partial charge in [0, 0.05) is 18.8 Å². The molecular formula is C24H32N2O. The molecular weight excluding hydrogens is 332 g/mol. The largest absolute Gasteiger partial charge is 0.371 e. The highest BCUT2D eigenvalue weighted by Gasteiger charge is 2.17. The van der Waals surface area contributed by atoms with Gasteiger partial charge >= 0.3 is 0 Å². The average molecular weight is 365 g/mol. The number of piperidine rings is 1. The number of anilines is 1. The Bertz CT molecular complexity index is 736. The van der Waals surface area contributed by atoms with Crippen molar-refractivity contribution >= 4 is 11.6 Å². The van der Waals surface area contributed by atoms with Gasteiger partial charge in [-0.05, 0) is 60.9 Å². The summed E-state index contributed by atoms with van der Waals surface area (Å²) in [4.78, 5) is 14.9. The van der Waals surface area contributed by atoms with Crippen LogP contribution in [0.2, 0.25) is 0 Å². The number of carbonyl (C=O) groups is 1. The predicted octanol–water partition coefficient (Wildman–Crippen LogP) is 4.91. The number of rotatable bonds is 6. The lowest BCUT2D eigenvalue weighted by atomic mass is 9.99. The van der Waals surface area contributed by atoms with Crippen molar-refractivity contribution in [2.75, 3.05) is 18.0 Å². The minimum Gasteiger partial charge on any atom is -0.371 e. The summed E-state index contributed by atoms with van der Waals surface area (Å²) in [5.41, 5.74) is 4.81. The molecule has 1 fully saturated rings. The van der Waals surface area contributed by atoms with Gasteiger partial charge in [0.25, 0.3) is 0 Å². The van der Waals surface area contributed by atoms with Crippen molar-refractivity contribution in [1.82, 2.24) is 5.32 Å². The Labute approximate surface area is 163 Å². The van der Waals surface area contributed by atoms with E-state index in [2.05, 4.69) is 79.5 Å². The molecule has 0 saturated carbocycles. The topological polar surface area (TPSA) is 32.3 Å². The molecule has 27 heavy (non-hydrogen) atoms. The maximum absolute atomic E-state index is 12.4. The van der Waals surface area contributed by atoms with E-state index in [1.165, 1.54) is 24.1 Å². The minimum absolute atomic E-state index is 0.0155. The van der Waals surface area contributed by atoms with Crippen molar-refractivity contribution < 1.29 is 4.79 Å². The molecule has 3 rings (SSSR count). The van der Waals surface area contributed by atoms with E-state index in [0.29, 0.717) is 6.42 Å². The van der Waals surface area contributed by atoms with E-state index in [-0.39, 0.29) is 11.9 Å². The van der Waals surface area contributed by atoms with Gasteiger partial charge in [-0.1, -0.05) is 50.2 Å². The Morgan fingerprint density at radius 3 is 2.41 bits per heavy atom. The summed E-state index contributed by atoms with van der Waals surface area (Å²) in [6, 6.07) is 17.0. The lowest BCUT2D eigenvalue weighted by molar-refractivity contribution is -0.121. The molecule has 0 bridgehead atoms. The molecule has 144 valence electrons. The number of hydrogen-bond acceptors (Lipinski definition) is 2. The van der Waals surface area contributed by atoms with Gasteiger partial charge in [-0.3, -0.25) is 4.79 Å². The number of nitrogens with one attached hydrogen (secondary N) is 1. The van der Waals surface area contributed by atoms with Crippen molar-refractivity contribution in [3.8, 4) is 0 Å². The average Bonchev–Trinajstić information content (AvgIpc) is 2.68. The van der Waals surface area contributed by atoms with E-state index in [4.69, 9.17) is 0 Å². The van der Waals surface area contributed by atoms with Gasteiger partial charge in [0.2, 0.25) is 5.91 Å². The van der Waals surface area contributed by atoms with Gasteiger partial charge in [-0.2, -0.15) is 0 Å². The van der Waals surface area contributed by atoms with Crippen LogP contribution in [0, 0.1) is 5.92 Å². The van der Waals surface area contributed by atoms with Crippen LogP contribution in [-0.2, 0) is 17.6 Å². The zero-order valence-corrected chi connectivity index (χ0v) is 16.9. The summed E-state index contributed by atoms with van der Waals surface area (Å²) in [6.07, 6.45) is 4.06. The highest BCUT2D eigenvalue weighted by molar-refractivity contribution is 5.79. The number of nitrogens with zero attached hydrogens (tertiary/aromatic N) is 1. The molecule has 1 N–H and O–H groups in total. The Morgan fingerprint density at radius 2 is 1.78 bits per heavy atom. The van der Waals surface area contributed by atoms with Gasteiger partial charge in [0.1, 0.15) is 0 Å². The van der Waals surface area contributed by atoms with Crippen LogP contribution in [0.5, 0.6) is 0 Å². The third-order valence-electron chi connectivity index (χ3n) is 5.59. The monoisotopic (exact) mass is 364 g/mol. The van der Waals surface area contributed by atoms with Gasteiger partial charge in [0.15, 0.2) is 0 Å². The molecule has 1 saturated heterocycles. The van der Waals surface area contributed by atoms with Crippen molar-refractivity contribution in [3.63, 3.8) is 0 Å². The van der Waals surface area contributed by atoms with E-state index in [9.17, 15) is 4.79 Å². The predicted molar refractivity (Wildman–Crippen MR) is 113 cm³/mol. The molecule has 1 aliphatic heterocycles. The second-order valence-electron chi connectivity index (χ2n) is 7.92. The van der Waals surface area contributed by atoms with E-state index in [1.54, 1.807) is 0 Å². The molecule has 0 unspecified atom stereocenters. The Kier molecular flexibility index (Phi) is 6.54. The van der Waals surface area contributed by atoms with Gasteiger partial charge in [-0.15, -0.1) is 0 Å². The summed E-state index contributed by atoms with van der Waals surface area (Å²) in [5, 5.41) is 3.13. The summed E-state index contributed by atoms with van der Waals surface area (Å²) < 4.78 is 0. The van der Waals surface area contributed by atoms with Crippen LogP contribution in [0.25, 0.3) is 0 Å². The molecule has 0 aromatic heterocycles. The molecule has 2 aromatic rings. The van der Waals surface area contributed by atoms with Crippen LogP contribution < -0.4 is 10.2 Å². The van der Waals surface area contributed by atoms with Crippen molar-refractivity contribution in [2.45, 2.75) is 52.5 Å². The Morgan fingerprint density at radius 1 is 1.11 bits per heavy atom. The minimum atomic E-state index is 0.0155. The van der Waals surface area contributed by atoms with Crippen LogP contribution in [0.1, 0.15) is 56.3 Å². The van der Waals surface area contributed by atoms with Gasteiger partial charge < -0.3 is 10.2 Å². The SMILES string of the molecule is CCc1ccc(CC(=O)N[C@@H](C)c2ccc(N3CCC[C@H](C)C3)cc2)cc1. The second-order valence-corrected chi connectivity index (χ2v) is 7.92. The van der Waals surface area contributed by atoms with Crippen LogP contribution >= 0.6 is 0 Å². The first-order valence-electron chi connectivity index (χ1n) is 10.3. The molecule has 2 atom stereocenters. The summed E-state index contributed by atoms with van der Waals surface area (Å²) in [7, 11) is 0. The van der Waals surface area contributed by atoms with Crippen molar-refractivity contribution in [3.05, 3.63) is 65.2 Å². The second kappa shape index (κ2) is 9.07. The molecule has 0 radical (unpaired) electrons. The van der Waals surface area contributed by atoms with E-state index < -0.39 is 0 Å². The first kappa shape index (κ1) is 19.5. The Hall–Kier alpha value is -2.29. The van der Waals surface area contributed by atoms with Gasteiger partial charge in [0.05, 0.1) is 12.5 Å². The fourth-order valence-corrected chi connectivity index (χ4v) is 3.85. The molecule has 3 heteroatoms. The first-order chi connectivity index (χ1) is 13.0. The normalized spacial score (nSPS) is 18.2. The highest BCUT2D eigenvalue weighted by Crippen LogP contribution is 2.24. The van der Waals surface area contributed by atoms with Gasteiger partial charge in [-0.25, -0.2) is 0 Å². The lowest BCUT2D eigenvalue weighted by Gasteiger charge is -2.33. The van der Waals surface area contributed by atoms with E-state index >= 15 is 0 Å². The maximum Gasteiger partial charge on any atom is 0.224 e. The molecule has 0 spiro atoms. The summed E-state index contributed by atoms with van der Waals surface area (Å²) in [5.74, 6) is 0.837. The molecule has 3 nitrogen and oxygen atoms in total. The number of hydrogen-bond donors (Lipinski definition) is 1. The summed E-state index contributed by atoms with van der Waals surface area (Å²) in [6.45, 7) is 8.81. The summed E-state index contributed by atoms with van der Waals surface area (Å²) >= 11 is 0. The molecule has 1 aliphatic rings. The molecule has 2 aromatic carbocycles. The fraction of sp³-hybridized carbons (Fsp3) is 0.458. The number of amides is 1. The van der Waals surface area contributed by atoms with Crippen LogP contribution in [-0.4, -0.2) is 19.0 Å². The third-order valence-corrected chi connectivity index (χ3v) is 5.59. The smallest absolute Gasteiger partial charge is 0.224 e. The van der Waals surface area contributed by atoms with Crippen LogP contribution in [0.15, 0.2) is 48.5 Å². The number of aryl methyl sites for hydroxylation is 1. The maximum atomic E-state index is 12.4.